The quantitative estimate of drug-likeness (QED) is 0.809. The maximum absolute atomic E-state index is 11.3. The highest BCUT2D eigenvalue weighted by Crippen LogP contribution is 2.13. The lowest BCUT2D eigenvalue weighted by atomic mass is 10.0. The molecule has 0 aromatic heterocycles. The molecule has 0 bridgehead atoms. The van der Waals surface area contributed by atoms with E-state index in [0.29, 0.717) is 18.5 Å². The van der Waals surface area contributed by atoms with Crippen LogP contribution in [-0.2, 0) is 6.42 Å². The van der Waals surface area contributed by atoms with Gasteiger partial charge in [0.2, 0.25) is 5.91 Å². The van der Waals surface area contributed by atoms with Gasteiger partial charge in [-0.2, -0.15) is 0 Å². The van der Waals surface area contributed by atoms with E-state index in [-0.39, 0.29) is 0 Å². The standard InChI is InChI=1S/C14H20N2O2/c15-14(18)13-6-2-1-5-11(13)9-12(17)10-16-7-3-4-8-16/h1-2,5-6,12,17H,3-4,7-10H2,(H2,15,18)/t12-/m0/s1. The molecule has 1 saturated heterocycles. The van der Waals surface area contributed by atoms with E-state index in [0.717, 1.165) is 18.7 Å². The van der Waals surface area contributed by atoms with Crippen molar-refractivity contribution in [3.63, 3.8) is 0 Å². The summed E-state index contributed by atoms with van der Waals surface area (Å²) < 4.78 is 0. The van der Waals surface area contributed by atoms with Crippen LogP contribution in [0.2, 0.25) is 0 Å². The van der Waals surface area contributed by atoms with E-state index < -0.39 is 12.0 Å². The largest absolute Gasteiger partial charge is 0.391 e. The Labute approximate surface area is 107 Å². The molecule has 1 fully saturated rings. The molecule has 1 aromatic rings. The molecular weight excluding hydrogens is 228 g/mol. The number of β-amino-alcohol motifs (C(OH)–C–C–N with tert-alkyl or cyclic N) is 1. The second kappa shape index (κ2) is 5.98. The number of aliphatic hydroxyl groups excluding tert-OH is 1. The molecule has 4 nitrogen and oxygen atoms in total. The normalized spacial score (nSPS) is 17.8. The molecule has 1 aliphatic heterocycles. The fourth-order valence-electron chi connectivity index (χ4n) is 2.52. The molecule has 0 spiro atoms. The summed E-state index contributed by atoms with van der Waals surface area (Å²) in [5, 5.41) is 10.1. The van der Waals surface area contributed by atoms with Crippen LogP contribution in [-0.4, -0.2) is 41.7 Å². The molecule has 0 saturated carbocycles. The molecule has 0 radical (unpaired) electrons. The van der Waals surface area contributed by atoms with E-state index in [1.165, 1.54) is 12.8 Å². The van der Waals surface area contributed by atoms with Crippen LogP contribution in [0.1, 0.15) is 28.8 Å². The highest BCUT2D eigenvalue weighted by molar-refractivity contribution is 5.94. The van der Waals surface area contributed by atoms with Gasteiger partial charge >= 0.3 is 0 Å². The first-order valence-electron chi connectivity index (χ1n) is 6.45. The van der Waals surface area contributed by atoms with Crippen LogP contribution in [0.25, 0.3) is 0 Å². The summed E-state index contributed by atoms with van der Waals surface area (Å²) in [6.45, 7) is 2.80. The Kier molecular flexibility index (Phi) is 4.33. The second-order valence-electron chi connectivity index (χ2n) is 4.89. The van der Waals surface area contributed by atoms with E-state index in [4.69, 9.17) is 5.73 Å². The number of benzene rings is 1. The number of amides is 1. The van der Waals surface area contributed by atoms with Gasteiger partial charge in [-0.3, -0.25) is 4.79 Å². The summed E-state index contributed by atoms with van der Waals surface area (Å²) in [4.78, 5) is 13.5. The van der Waals surface area contributed by atoms with Crippen LogP contribution < -0.4 is 5.73 Å². The molecule has 1 atom stereocenters. The van der Waals surface area contributed by atoms with Gasteiger partial charge in [0, 0.05) is 18.5 Å². The fourth-order valence-corrected chi connectivity index (χ4v) is 2.52. The number of aliphatic hydroxyl groups is 1. The Morgan fingerprint density at radius 2 is 2.00 bits per heavy atom. The molecule has 98 valence electrons. The Morgan fingerprint density at radius 3 is 2.67 bits per heavy atom. The maximum Gasteiger partial charge on any atom is 0.248 e. The summed E-state index contributed by atoms with van der Waals surface area (Å²) in [5.74, 6) is -0.432. The van der Waals surface area contributed by atoms with Gasteiger partial charge in [0.05, 0.1) is 6.10 Å². The third-order valence-electron chi connectivity index (χ3n) is 3.41. The number of carbonyl (C=O) groups is 1. The predicted octanol–water partition coefficient (Wildman–Crippen LogP) is 0.785. The Bertz CT molecular complexity index is 414. The predicted molar refractivity (Wildman–Crippen MR) is 70.3 cm³/mol. The molecule has 1 aromatic carbocycles. The number of primary amides is 1. The Balaban J connectivity index is 1.97. The number of carbonyl (C=O) groups excluding carboxylic acids is 1. The van der Waals surface area contributed by atoms with Crippen molar-refractivity contribution in [2.45, 2.75) is 25.4 Å². The van der Waals surface area contributed by atoms with Crippen molar-refractivity contribution in [3.8, 4) is 0 Å². The molecule has 3 N–H and O–H groups in total. The zero-order valence-electron chi connectivity index (χ0n) is 10.5. The smallest absolute Gasteiger partial charge is 0.248 e. The van der Waals surface area contributed by atoms with Crippen molar-refractivity contribution in [2.75, 3.05) is 19.6 Å². The molecule has 1 heterocycles. The van der Waals surface area contributed by atoms with Crippen LogP contribution in [0.5, 0.6) is 0 Å². The van der Waals surface area contributed by atoms with Gasteiger partial charge in [-0.15, -0.1) is 0 Å². The van der Waals surface area contributed by atoms with E-state index in [1.807, 2.05) is 12.1 Å². The van der Waals surface area contributed by atoms with Gasteiger partial charge in [-0.25, -0.2) is 0 Å². The Morgan fingerprint density at radius 1 is 1.33 bits per heavy atom. The average molecular weight is 248 g/mol. The molecule has 0 aliphatic carbocycles. The second-order valence-corrected chi connectivity index (χ2v) is 4.89. The summed E-state index contributed by atoms with van der Waals surface area (Å²) in [6, 6.07) is 7.22. The van der Waals surface area contributed by atoms with Crippen molar-refractivity contribution in [1.82, 2.24) is 4.90 Å². The van der Waals surface area contributed by atoms with Crippen molar-refractivity contribution >= 4 is 5.91 Å². The summed E-state index contributed by atoms with van der Waals surface area (Å²) in [6.07, 6.45) is 2.47. The van der Waals surface area contributed by atoms with Gasteiger partial charge in [0.1, 0.15) is 0 Å². The minimum atomic E-state index is -0.441. The van der Waals surface area contributed by atoms with Crippen LogP contribution >= 0.6 is 0 Å². The zero-order chi connectivity index (χ0) is 13.0. The molecule has 0 unspecified atom stereocenters. The fraction of sp³-hybridized carbons (Fsp3) is 0.500. The minimum Gasteiger partial charge on any atom is -0.391 e. The van der Waals surface area contributed by atoms with E-state index in [1.54, 1.807) is 12.1 Å². The van der Waals surface area contributed by atoms with Gasteiger partial charge in [-0.1, -0.05) is 18.2 Å². The first-order chi connectivity index (χ1) is 8.66. The molecule has 2 rings (SSSR count). The molecular formula is C14H20N2O2. The number of hydrogen-bond donors (Lipinski definition) is 2. The Hall–Kier alpha value is -1.39. The maximum atomic E-state index is 11.3. The lowest BCUT2D eigenvalue weighted by molar-refractivity contribution is 0.0996. The van der Waals surface area contributed by atoms with Crippen molar-refractivity contribution in [2.24, 2.45) is 5.73 Å². The number of likely N-dealkylation sites (tertiary alicyclic amines) is 1. The van der Waals surface area contributed by atoms with Crippen LogP contribution in [0, 0.1) is 0 Å². The minimum absolute atomic E-state index is 0.432. The number of nitrogens with zero attached hydrogens (tertiary/aromatic N) is 1. The summed E-state index contributed by atoms with van der Waals surface area (Å²) in [7, 11) is 0. The zero-order valence-corrected chi connectivity index (χ0v) is 10.5. The van der Waals surface area contributed by atoms with Crippen molar-refractivity contribution in [1.29, 1.82) is 0 Å². The van der Waals surface area contributed by atoms with Crippen LogP contribution in [0.15, 0.2) is 24.3 Å². The topological polar surface area (TPSA) is 66.6 Å². The summed E-state index contributed by atoms with van der Waals surface area (Å²) >= 11 is 0. The highest BCUT2D eigenvalue weighted by Gasteiger charge is 2.17. The number of nitrogens with two attached hydrogens (primary N) is 1. The molecule has 18 heavy (non-hydrogen) atoms. The van der Waals surface area contributed by atoms with Gasteiger partial charge < -0.3 is 15.7 Å². The number of rotatable bonds is 5. The van der Waals surface area contributed by atoms with Crippen LogP contribution in [0.3, 0.4) is 0 Å². The highest BCUT2D eigenvalue weighted by atomic mass is 16.3. The lowest BCUT2D eigenvalue weighted by Crippen LogP contribution is -2.31. The molecule has 4 heteroatoms. The molecule has 1 aliphatic rings. The lowest BCUT2D eigenvalue weighted by Gasteiger charge is -2.19. The monoisotopic (exact) mass is 248 g/mol. The first kappa shape index (κ1) is 13.1. The van der Waals surface area contributed by atoms with Gasteiger partial charge in [-0.05, 0) is 37.6 Å². The van der Waals surface area contributed by atoms with E-state index in [2.05, 4.69) is 4.90 Å². The average Bonchev–Trinajstić information content (AvgIpc) is 2.82. The van der Waals surface area contributed by atoms with E-state index in [9.17, 15) is 9.90 Å². The van der Waals surface area contributed by atoms with Gasteiger partial charge in [0.25, 0.3) is 0 Å². The molecule has 1 amide bonds. The SMILES string of the molecule is NC(=O)c1ccccc1C[C@H](O)CN1CCCC1. The summed E-state index contributed by atoms with van der Waals surface area (Å²) in [5.41, 5.74) is 6.67. The van der Waals surface area contributed by atoms with Crippen molar-refractivity contribution in [3.05, 3.63) is 35.4 Å². The van der Waals surface area contributed by atoms with Gasteiger partial charge in [0.15, 0.2) is 0 Å². The van der Waals surface area contributed by atoms with Crippen molar-refractivity contribution < 1.29 is 9.90 Å². The third kappa shape index (κ3) is 3.31. The van der Waals surface area contributed by atoms with Crippen LogP contribution in [0.4, 0.5) is 0 Å². The third-order valence-corrected chi connectivity index (χ3v) is 3.41. The first-order valence-corrected chi connectivity index (χ1v) is 6.45. The number of hydrogen-bond acceptors (Lipinski definition) is 3. The van der Waals surface area contributed by atoms with E-state index >= 15 is 0 Å².